The zero-order chi connectivity index (χ0) is 15.2. The Labute approximate surface area is 119 Å². The summed E-state index contributed by atoms with van der Waals surface area (Å²) < 4.78 is 0. The molecule has 1 fully saturated rings. The molecule has 4 amide bonds. The van der Waals surface area contributed by atoms with Crippen molar-refractivity contribution in [2.45, 2.75) is 45.1 Å². The van der Waals surface area contributed by atoms with Gasteiger partial charge < -0.3 is 16.4 Å². The molecule has 0 aromatic carbocycles. The van der Waals surface area contributed by atoms with E-state index in [9.17, 15) is 14.4 Å². The molecule has 0 spiro atoms. The van der Waals surface area contributed by atoms with Gasteiger partial charge in [-0.25, -0.2) is 4.79 Å². The molecule has 1 rings (SSSR count). The van der Waals surface area contributed by atoms with E-state index < -0.39 is 11.6 Å². The van der Waals surface area contributed by atoms with Gasteiger partial charge in [0.15, 0.2) is 0 Å². The van der Waals surface area contributed by atoms with Crippen LogP contribution in [0.2, 0.25) is 0 Å². The Balaban J connectivity index is 2.53. The fourth-order valence-corrected chi connectivity index (χ4v) is 2.25. The Hall–Kier alpha value is -1.63. The minimum Gasteiger partial charge on any atom is -0.355 e. The number of carbonyl (C=O) groups is 3. The number of urea groups is 1. The normalized spacial score (nSPS) is 17.2. The van der Waals surface area contributed by atoms with Gasteiger partial charge in [-0.15, -0.1) is 0 Å². The van der Waals surface area contributed by atoms with Gasteiger partial charge in [0.05, 0.1) is 0 Å². The van der Waals surface area contributed by atoms with Gasteiger partial charge in [-0.3, -0.25) is 14.5 Å². The van der Waals surface area contributed by atoms with Crippen LogP contribution in [0.1, 0.15) is 39.5 Å². The number of hydrogen-bond donors (Lipinski definition) is 3. The van der Waals surface area contributed by atoms with E-state index in [2.05, 4.69) is 10.6 Å². The van der Waals surface area contributed by atoms with Crippen LogP contribution in [0.25, 0.3) is 0 Å². The van der Waals surface area contributed by atoms with Crippen LogP contribution in [0.4, 0.5) is 4.79 Å². The monoisotopic (exact) mass is 284 g/mol. The number of nitrogens with zero attached hydrogens (tertiary/aromatic N) is 1. The predicted octanol–water partition coefficient (Wildman–Crippen LogP) is -0.0479. The molecule has 0 atom stereocenters. The fourth-order valence-electron chi connectivity index (χ4n) is 2.25. The SMILES string of the molecule is CCC1(CC)NC(=O)N(CC(=O)NCCCCN)C1=O. The van der Waals surface area contributed by atoms with Crippen molar-refractivity contribution in [3.8, 4) is 0 Å². The zero-order valence-corrected chi connectivity index (χ0v) is 12.2. The first-order valence-electron chi connectivity index (χ1n) is 7.11. The van der Waals surface area contributed by atoms with Gasteiger partial charge in [-0.05, 0) is 32.2 Å². The molecule has 7 nitrogen and oxygen atoms in total. The molecule has 1 aliphatic rings. The highest BCUT2D eigenvalue weighted by molar-refractivity contribution is 6.08. The molecule has 114 valence electrons. The lowest BCUT2D eigenvalue weighted by Gasteiger charge is -2.22. The highest BCUT2D eigenvalue weighted by Gasteiger charge is 2.49. The standard InChI is InChI=1S/C13H24N4O3/c1-3-13(4-2)11(19)17(12(20)16-13)9-10(18)15-8-6-5-7-14/h3-9,14H2,1-2H3,(H,15,18)(H,16,20). The second-order valence-electron chi connectivity index (χ2n) is 4.96. The summed E-state index contributed by atoms with van der Waals surface area (Å²) in [5.41, 5.74) is 4.51. The van der Waals surface area contributed by atoms with Crippen molar-refractivity contribution in [3.63, 3.8) is 0 Å². The molecule has 0 saturated carbocycles. The highest BCUT2D eigenvalue weighted by Crippen LogP contribution is 2.24. The Morgan fingerprint density at radius 3 is 2.45 bits per heavy atom. The molecule has 0 aromatic heterocycles. The second-order valence-corrected chi connectivity index (χ2v) is 4.96. The summed E-state index contributed by atoms with van der Waals surface area (Å²) in [6.45, 7) is 4.55. The van der Waals surface area contributed by atoms with Crippen LogP contribution in [-0.4, -0.2) is 47.9 Å². The summed E-state index contributed by atoms with van der Waals surface area (Å²) in [4.78, 5) is 36.8. The number of imide groups is 1. The number of amides is 4. The molecule has 4 N–H and O–H groups in total. The maximum Gasteiger partial charge on any atom is 0.325 e. The summed E-state index contributed by atoms with van der Waals surface area (Å²) >= 11 is 0. The van der Waals surface area contributed by atoms with Crippen molar-refractivity contribution in [1.29, 1.82) is 0 Å². The predicted molar refractivity (Wildman–Crippen MR) is 74.9 cm³/mol. The third kappa shape index (κ3) is 3.47. The summed E-state index contributed by atoms with van der Waals surface area (Å²) in [7, 11) is 0. The first-order valence-corrected chi connectivity index (χ1v) is 7.11. The third-order valence-corrected chi connectivity index (χ3v) is 3.71. The van der Waals surface area contributed by atoms with E-state index >= 15 is 0 Å². The Kier molecular flexibility index (Phi) is 5.94. The van der Waals surface area contributed by atoms with Crippen molar-refractivity contribution in [1.82, 2.24) is 15.5 Å². The average Bonchev–Trinajstić information content (AvgIpc) is 2.68. The quantitative estimate of drug-likeness (QED) is 0.429. The zero-order valence-electron chi connectivity index (χ0n) is 12.2. The van der Waals surface area contributed by atoms with Crippen molar-refractivity contribution in [3.05, 3.63) is 0 Å². The number of nitrogens with two attached hydrogens (primary N) is 1. The number of unbranched alkanes of at least 4 members (excludes halogenated alkanes) is 1. The lowest BCUT2D eigenvalue weighted by atomic mass is 9.93. The van der Waals surface area contributed by atoms with Crippen molar-refractivity contribution in [2.24, 2.45) is 5.73 Å². The van der Waals surface area contributed by atoms with E-state index in [1.807, 2.05) is 13.8 Å². The molecule has 0 unspecified atom stereocenters. The van der Waals surface area contributed by atoms with Gasteiger partial charge in [0.1, 0.15) is 12.1 Å². The number of carbonyl (C=O) groups excluding carboxylic acids is 3. The van der Waals surface area contributed by atoms with Gasteiger partial charge in [0.25, 0.3) is 5.91 Å². The summed E-state index contributed by atoms with van der Waals surface area (Å²) in [6.07, 6.45) is 2.65. The maximum atomic E-state index is 12.3. The van der Waals surface area contributed by atoms with Crippen molar-refractivity contribution in [2.75, 3.05) is 19.6 Å². The Morgan fingerprint density at radius 2 is 1.95 bits per heavy atom. The average molecular weight is 284 g/mol. The van der Waals surface area contributed by atoms with Crippen LogP contribution in [0, 0.1) is 0 Å². The molecule has 0 bridgehead atoms. The Bertz CT molecular complexity index is 380. The van der Waals surface area contributed by atoms with E-state index in [1.54, 1.807) is 0 Å². The molecule has 7 heteroatoms. The largest absolute Gasteiger partial charge is 0.355 e. The first-order chi connectivity index (χ1) is 9.50. The first kappa shape index (κ1) is 16.4. The maximum absolute atomic E-state index is 12.3. The summed E-state index contributed by atoms with van der Waals surface area (Å²) in [5, 5.41) is 5.37. The van der Waals surface area contributed by atoms with E-state index in [-0.39, 0.29) is 18.4 Å². The molecular weight excluding hydrogens is 260 g/mol. The number of nitrogens with one attached hydrogen (secondary N) is 2. The minimum absolute atomic E-state index is 0.227. The highest BCUT2D eigenvalue weighted by atomic mass is 16.2. The van der Waals surface area contributed by atoms with E-state index in [0.717, 1.165) is 17.7 Å². The molecule has 1 saturated heterocycles. The molecule has 1 aliphatic heterocycles. The topological polar surface area (TPSA) is 105 Å². The lowest BCUT2D eigenvalue weighted by molar-refractivity contribution is -0.135. The molecule has 20 heavy (non-hydrogen) atoms. The van der Waals surface area contributed by atoms with E-state index in [4.69, 9.17) is 5.73 Å². The van der Waals surface area contributed by atoms with Crippen LogP contribution in [0.5, 0.6) is 0 Å². The van der Waals surface area contributed by atoms with Gasteiger partial charge in [-0.1, -0.05) is 13.8 Å². The van der Waals surface area contributed by atoms with Crippen molar-refractivity contribution < 1.29 is 14.4 Å². The van der Waals surface area contributed by atoms with Crippen LogP contribution < -0.4 is 16.4 Å². The summed E-state index contributed by atoms with van der Waals surface area (Å²) in [6, 6.07) is -0.490. The van der Waals surface area contributed by atoms with Gasteiger partial charge in [-0.2, -0.15) is 0 Å². The minimum atomic E-state index is -0.850. The summed E-state index contributed by atoms with van der Waals surface area (Å²) in [5.74, 6) is -0.641. The third-order valence-electron chi connectivity index (χ3n) is 3.71. The smallest absolute Gasteiger partial charge is 0.325 e. The molecule has 1 heterocycles. The van der Waals surface area contributed by atoms with Crippen LogP contribution in [-0.2, 0) is 9.59 Å². The number of hydrogen-bond acceptors (Lipinski definition) is 4. The van der Waals surface area contributed by atoms with E-state index in [1.165, 1.54) is 0 Å². The van der Waals surface area contributed by atoms with Gasteiger partial charge in [0, 0.05) is 6.54 Å². The van der Waals surface area contributed by atoms with Crippen LogP contribution in [0.3, 0.4) is 0 Å². The lowest BCUT2D eigenvalue weighted by Crippen LogP contribution is -2.46. The van der Waals surface area contributed by atoms with Gasteiger partial charge in [0.2, 0.25) is 5.91 Å². The van der Waals surface area contributed by atoms with Crippen LogP contribution in [0.15, 0.2) is 0 Å². The Morgan fingerprint density at radius 1 is 1.30 bits per heavy atom. The van der Waals surface area contributed by atoms with Gasteiger partial charge >= 0.3 is 6.03 Å². The van der Waals surface area contributed by atoms with Crippen molar-refractivity contribution >= 4 is 17.8 Å². The molecular formula is C13H24N4O3. The van der Waals surface area contributed by atoms with Crippen LogP contribution >= 0.6 is 0 Å². The molecule has 0 radical (unpaired) electrons. The number of rotatable bonds is 8. The molecule has 0 aromatic rings. The fraction of sp³-hybridized carbons (Fsp3) is 0.769. The van der Waals surface area contributed by atoms with E-state index in [0.29, 0.717) is 25.9 Å². The second kappa shape index (κ2) is 7.23. The molecule has 0 aliphatic carbocycles.